The molecular weight excluding hydrogens is 212 g/mol. The van der Waals surface area contributed by atoms with Gasteiger partial charge in [0, 0.05) is 25.7 Å². The number of methoxy groups -OCH3 is 1. The summed E-state index contributed by atoms with van der Waals surface area (Å²) in [6.07, 6.45) is 5.13. The van der Waals surface area contributed by atoms with Crippen LogP contribution in [0.25, 0.3) is 0 Å². The molecule has 102 valence electrons. The second kappa shape index (κ2) is 6.72. The highest BCUT2D eigenvalue weighted by Gasteiger charge is 2.38. The van der Waals surface area contributed by atoms with Gasteiger partial charge in [-0.05, 0) is 38.1 Å². The molecule has 0 aromatic carbocycles. The summed E-state index contributed by atoms with van der Waals surface area (Å²) < 4.78 is 5.46. The molecule has 3 heteroatoms. The van der Waals surface area contributed by atoms with Gasteiger partial charge in [-0.15, -0.1) is 0 Å². The number of likely N-dealkylation sites (N-methyl/N-ethyl adjacent to an activating group) is 1. The molecule has 1 aliphatic carbocycles. The van der Waals surface area contributed by atoms with E-state index < -0.39 is 0 Å². The van der Waals surface area contributed by atoms with Crippen LogP contribution in [0, 0.1) is 5.92 Å². The average Bonchev–Trinajstić information content (AvgIpc) is 2.35. The lowest BCUT2D eigenvalue weighted by Gasteiger charge is -2.47. The predicted molar refractivity (Wildman–Crippen MR) is 73.1 cm³/mol. The summed E-state index contributed by atoms with van der Waals surface area (Å²) in [6, 6.07) is 0. The maximum atomic E-state index is 6.09. The normalized spacial score (nSPS) is 30.2. The fourth-order valence-corrected chi connectivity index (χ4v) is 3.11. The number of hydrogen-bond donors (Lipinski definition) is 1. The lowest BCUT2D eigenvalue weighted by atomic mass is 9.78. The van der Waals surface area contributed by atoms with Gasteiger partial charge in [0.1, 0.15) is 0 Å². The SMILES string of the molecule is CCN(CC(C)C)C1(CN)CCC(OC)CC1. The van der Waals surface area contributed by atoms with Gasteiger partial charge in [0.15, 0.2) is 0 Å². The van der Waals surface area contributed by atoms with Crippen LogP contribution < -0.4 is 5.73 Å². The number of nitrogens with two attached hydrogens (primary N) is 1. The van der Waals surface area contributed by atoms with Crippen molar-refractivity contribution >= 4 is 0 Å². The van der Waals surface area contributed by atoms with E-state index in [-0.39, 0.29) is 5.54 Å². The first-order chi connectivity index (χ1) is 8.07. The van der Waals surface area contributed by atoms with E-state index in [9.17, 15) is 0 Å². The van der Waals surface area contributed by atoms with Crippen molar-refractivity contribution in [1.29, 1.82) is 0 Å². The van der Waals surface area contributed by atoms with E-state index in [0.29, 0.717) is 12.0 Å². The highest BCUT2D eigenvalue weighted by molar-refractivity contribution is 4.96. The molecular formula is C14H30N2O. The predicted octanol–water partition coefficient (Wildman–Crippen LogP) is 2.25. The van der Waals surface area contributed by atoms with E-state index in [1.807, 2.05) is 7.11 Å². The lowest BCUT2D eigenvalue weighted by molar-refractivity contribution is -0.00917. The van der Waals surface area contributed by atoms with E-state index in [4.69, 9.17) is 10.5 Å². The van der Waals surface area contributed by atoms with Gasteiger partial charge in [0.2, 0.25) is 0 Å². The molecule has 2 N–H and O–H groups in total. The third-order valence-electron chi connectivity index (χ3n) is 4.21. The monoisotopic (exact) mass is 242 g/mol. The molecule has 0 saturated heterocycles. The van der Waals surface area contributed by atoms with Crippen LogP contribution in [0.3, 0.4) is 0 Å². The lowest BCUT2D eigenvalue weighted by Crippen LogP contribution is -2.57. The van der Waals surface area contributed by atoms with Crippen molar-refractivity contribution in [2.75, 3.05) is 26.7 Å². The van der Waals surface area contributed by atoms with Crippen molar-refractivity contribution in [3.8, 4) is 0 Å². The molecule has 0 heterocycles. The van der Waals surface area contributed by atoms with Gasteiger partial charge in [0.05, 0.1) is 6.10 Å². The fraction of sp³-hybridized carbons (Fsp3) is 1.00. The molecule has 0 aromatic heterocycles. The minimum Gasteiger partial charge on any atom is -0.381 e. The summed E-state index contributed by atoms with van der Waals surface area (Å²) >= 11 is 0. The molecule has 0 spiro atoms. The summed E-state index contributed by atoms with van der Waals surface area (Å²) in [5, 5.41) is 0. The summed E-state index contributed by atoms with van der Waals surface area (Å²) in [4.78, 5) is 2.60. The quantitative estimate of drug-likeness (QED) is 0.776. The number of hydrogen-bond acceptors (Lipinski definition) is 3. The Kier molecular flexibility index (Phi) is 5.90. The Hall–Kier alpha value is -0.120. The van der Waals surface area contributed by atoms with E-state index in [1.54, 1.807) is 0 Å². The number of rotatable bonds is 6. The summed E-state index contributed by atoms with van der Waals surface area (Å²) in [7, 11) is 1.83. The van der Waals surface area contributed by atoms with Crippen molar-refractivity contribution < 1.29 is 4.74 Å². The Morgan fingerprint density at radius 3 is 2.29 bits per heavy atom. The second-order valence-electron chi connectivity index (χ2n) is 5.80. The first kappa shape index (κ1) is 14.9. The number of ether oxygens (including phenoxy) is 1. The first-order valence-corrected chi connectivity index (χ1v) is 7.06. The van der Waals surface area contributed by atoms with Gasteiger partial charge in [-0.1, -0.05) is 20.8 Å². The van der Waals surface area contributed by atoms with E-state index >= 15 is 0 Å². The second-order valence-corrected chi connectivity index (χ2v) is 5.80. The van der Waals surface area contributed by atoms with Crippen molar-refractivity contribution in [1.82, 2.24) is 4.90 Å². The van der Waals surface area contributed by atoms with Gasteiger partial charge < -0.3 is 10.5 Å². The van der Waals surface area contributed by atoms with Gasteiger partial charge in [0.25, 0.3) is 0 Å². The Morgan fingerprint density at radius 1 is 1.35 bits per heavy atom. The van der Waals surface area contributed by atoms with E-state index in [0.717, 1.165) is 32.5 Å². The zero-order chi connectivity index (χ0) is 12.9. The minimum absolute atomic E-state index is 0.230. The van der Waals surface area contributed by atoms with E-state index in [2.05, 4.69) is 25.7 Å². The molecule has 1 fully saturated rings. The van der Waals surface area contributed by atoms with Crippen LogP contribution in [-0.4, -0.2) is 43.3 Å². The molecule has 1 aliphatic rings. The molecule has 17 heavy (non-hydrogen) atoms. The zero-order valence-corrected chi connectivity index (χ0v) is 12.0. The molecule has 0 aromatic rings. The van der Waals surface area contributed by atoms with Crippen molar-refractivity contribution in [3.63, 3.8) is 0 Å². The Bertz CT molecular complexity index is 210. The molecule has 1 saturated carbocycles. The number of nitrogens with zero attached hydrogens (tertiary/aromatic N) is 1. The smallest absolute Gasteiger partial charge is 0.0572 e. The maximum absolute atomic E-state index is 6.09. The van der Waals surface area contributed by atoms with Gasteiger partial charge in [-0.2, -0.15) is 0 Å². The molecule has 0 amide bonds. The molecule has 0 atom stereocenters. The van der Waals surface area contributed by atoms with Gasteiger partial charge >= 0.3 is 0 Å². The van der Waals surface area contributed by atoms with Crippen LogP contribution in [0.4, 0.5) is 0 Å². The van der Waals surface area contributed by atoms with E-state index in [1.165, 1.54) is 12.8 Å². The largest absolute Gasteiger partial charge is 0.381 e. The van der Waals surface area contributed by atoms with Gasteiger partial charge in [-0.25, -0.2) is 0 Å². The van der Waals surface area contributed by atoms with Crippen LogP contribution in [0.5, 0.6) is 0 Å². The molecule has 3 nitrogen and oxygen atoms in total. The highest BCUT2D eigenvalue weighted by Crippen LogP contribution is 2.34. The van der Waals surface area contributed by atoms with Crippen LogP contribution in [0.1, 0.15) is 46.5 Å². The minimum atomic E-state index is 0.230. The maximum Gasteiger partial charge on any atom is 0.0572 e. The topological polar surface area (TPSA) is 38.5 Å². The first-order valence-electron chi connectivity index (χ1n) is 7.06. The third-order valence-corrected chi connectivity index (χ3v) is 4.21. The Labute approximate surface area is 107 Å². The summed E-state index contributed by atoms with van der Waals surface area (Å²) in [6.45, 7) is 9.87. The third kappa shape index (κ3) is 3.67. The Morgan fingerprint density at radius 2 is 1.94 bits per heavy atom. The Balaban J connectivity index is 2.67. The van der Waals surface area contributed by atoms with Gasteiger partial charge in [-0.3, -0.25) is 4.90 Å². The van der Waals surface area contributed by atoms with Crippen molar-refractivity contribution in [2.24, 2.45) is 11.7 Å². The fourth-order valence-electron chi connectivity index (χ4n) is 3.11. The molecule has 0 unspecified atom stereocenters. The summed E-state index contributed by atoms with van der Waals surface area (Å²) in [5.41, 5.74) is 6.33. The highest BCUT2D eigenvalue weighted by atomic mass is 16.5. The average molecular weight is 242 g/mol. The zero-order valence-electron chi connectivity index (χ0n) is 12.0. The standard InChI is InChI=1S/C14H30N2O/c1-5-16(10-12(2)3)14(11-15)8-6-13(17-4)7-9-14/h12-13H,5-11,15H2,1-4H3. The molecule has 0 radical (unpaired) electrons. The van der Waals surface area contributed by atoms with Crippen LogP contribution in [-0.2, 0) is 4.74 Å². The van der Waals surface area contributed by atoms with Crippen molar-refractivity contribution in [3.05, 3.63) is 0 Å². The van der Waals surface area contributed by atoms with Crippen LogP contribution in [0.2, 0.25) is 0 Å². The van der Waals surface area contributed by atoms with Crippen LogP contribution >= 0.6 is 0 Å². The van der Waals surface area contributed by atoms with Crippen LogP contribution in [0.15, 0.2) is 0 Å². The molecule has 0 aliphatic heterocycles. The molecule has 0 bridgehead atoms. The molecule has 1 rings (SSSR count). The summed E-state index contributed by atoms with van der Waals surface area (Å²) in [5.74, 6) is 0.707. The van der Waals surface area contributed by atoms with Crippen molar-refractivity contribution in [2.45, 2.75) is 58.1 Å².